The van der Waals surface area contributed by atoms with E-state index in [1.54, 1.807) is 18.7 Å². The molecule has 20 heavy (non-hydrogen) atoms. The van der Waals surface area contributed by atoms with E-state index in [-0.39, 0.29) is 5.91 Å². The van der Waals surface area contributed by atoms with E-state index in [4.69, 9.17) is 5.73 Å². The highest BCUT2D eigenvalue weighted by atomic mass is 16.3. The Morgan fingerprint density at radius 2 is 2.05 bits per heavy atom. The van der Waals surface area contributed by atoms with Crippen LogP contribution in [-0.2, 0) is 6.54 Å². The highest BCUT2D eigenvalue weighted by Crippen LogP contribution is 2.31. The second-order valence-electron chi connectivity index (χ2n) is 6.58. The van der Waals surface area contributed by atoms with Gasteiger partial charge in [-0.2, -0.15) is 0 Å². The molecular formula is C16H24N2O2. The summed E-state index contributed by atoms with van der Waals surface area (Å²) in [6, 6.07) is 3.86. The largest absolute Gasteiger partial charge is 0.398 e. The van der Waals surface area contributed by atoms with Gasteiger partial charge in [0.25, 0.3) is 5.91 Å². The smallest absolute Gasteiger partial charge is 0.254 e. The minimum absolute atomic E-state index is 0.0474. The Morgan fingerprint density at radius 1 is 1.40 bits per heavy atom. The van der Waals surface area contributed by atoms with E-state index in [2.05, 4.69) is 13.8 Å². The Kier molecular flexibility index (Phi) is 3.78. The fourth-order valence-corrected chi connectivity index (χ4v) is 2.55. The van der Waals surface area contributed by atoms with Crippen molar-refractivity contribution in [1.29, 1.82) is 0 Å². The first-order valence-corrected chi connectivity index (χ1v) is 7.13. The minimum Gasteiger partial charge on any atom is -0.398 e. The van der Waals surface area contributed by atoms with Crippen LogP contribution in [0.25, 0.3) is 0 Å². The number of aliphatic hydroxyl groups is 1. The first kappa shape index (κ1) is 14.9. The molecule has 1 amide bonds. The number of amides is 1. The number of carbonyl (C=O) groups is 1. The summed E-state index contributed by atoms with van der Waals surface area (Å²) in [6.45, 7) is 8.82. The summed E-state index contributed by atoms with van der Waals surface area (Å²) in [6.07, 6.45) is 0.569. The van der Waals surface area contributed by atoms with Crippen molar-refractivity contribution in [3.63, 3.8) is 0 Å². The van der Waals surface area contributed by atoms with Gasteiger partial charge in [-0.1, -0.05) is 13.8 Å². The minimum atomic E-state index is -0.753. The van der Waals surface area contributed by atoms with Gasteiger partial charge in [0, 0.05) is 24.3 Å². The third-order valence-corrected chi connectivity index (χ3v) is 3.80. The predicted octanol–water partition coefficient (Wildman–Crippen LogP) is 2.51. The van der Waals surface area contributed by atoms with E-state index in [1.165, 1.54) is 0 Å². The van der Waals surface area contributed by atoms with Crippen LogP contribution >= 0.6 is 0 Å². The number of nitrogens with zero attached hydrogens (tertiary/aromatic N) is 1. The average Bonchev–Trinajstić information content (AvgIpc) is 2.61. The molecule has 1 aromatic carbocycles. The summed E-state index contributed by atoms with van der Waals surface area (Å²) < 4.78 is 0. The number of anilines is 1. The zero-order chi connectivity index (χ0) is 15.1. The molecule has 1 heterocycles. The molecule has 0 aromatic heterocycles. The second-order valence-corrected chi connectivity index (χ2v) is 6.58. The zero-order valence-corrected chi connectivity index (χ0v) is 12.7. The van der Waals surface area contributed by atoms with Gasteiger partial charge in [0.2, 0.25) is 0 Å². The van der Waals surface area contributed by atoms with E-state index < -0.39 is 5.60 Å². The van der Waals surface area contributed by atoms with Crippen LogP contribution in [0.1, 0.15) is 61.5 Å². The molecule has 1 aliphatic heterocycles. The van der Waals surface area contributed by atoms with E-state index in [9.17, 15) is 9.90 Å². The Balaban J connectivity index is 2.21. The predicted molar refractivity (Wildman–Crippen MR) is 80.6 cm³/mol. The maximum absolute atomic E-state index is 12.4. The van der Waals surface area contributed by atoms with Crippen molar-refractivity contribution in [3.05, 3.63) is 28.8 Å². The summed E-state index contributed by atoms with van der Waals surface area (Å²) in [5.41, 5.74) is 8.85. The SMILES string of the molecule is CC(C)c1cc2c(cc1N)CN(CCC(C)(C)O)C2=O. The highest BCUT2D eigenvalue weighted by Gasteiger charge is 2.29. The molecule has 0 unspecified atom stereocenters. The standard InChI is InChI=1S/C16H24N2O2/c1-10(2)12-8-13-11(7-14(12)17)9-18(15(13)19)6-5-16(3,4)20/h7-8,10,20H,5-6,9,17H2,1-4H3. The Labute approximate surface area is 120 Å². The van der Waals surface area contributed by atoms with Crippen LogP contribution in [0.5, 0.6) is 0 Å². The Hall–Kier alpha value is -1.55. The first-order chi connectivity index (χ1) is 9.19. The maximum Gasteiger partial charge on any atom is 0.254 e. The average molecular weight is 276 g/mol. The maximum atomic E-state index is 12.4. The van der Waals surface area contributed by atoms with Gasteiger partial charge in [-0.15, -0.1) is 0 Å². The van der Waals surface area contributed by atoms with Crippen molar-refractivity contribution < 1.29 is 9.90 Å². The molecule has 3 N–H and O–H groups in total. The molecule has 0 atom stereocenters. The Morgan fingerprint density at radius 3 is 2.60 bits per heavy atom. The van der Waals surface area contributed by atoms with Crippen LogP contribution in [0, 0.1) is 0 Å². The molecule has 1 aromatic rings. The molecule has 0 spiro atoms. The highest BCUT2D eigenvalue weighted by molar-refractivity contribution is 5.99. The number of hydrogen-bond acceptors (Lipinski definition) is 3. The molecular weight excluding hydrogens is 252 g/mol. The van der Waals surface area contributed by atoms with Crippen LogP contribution in [0.15, 0.2) is 12.1 Å². The van der Waals surface area contributed by atoms with Crippen LogP contribution in [0.2, 0.25) is 0 Å². The van der Waals surface area contributed by atoms with Gasteiger partial charge in [0.05, 0.1) is 5.60 Å². The van der Waals surface area contributed by atoms with Crippen LogP contribution in [0.4, 0.5) is 5.69 Å². The molecule has 0 aliphatic carbocycles. The molecule has 2 rings (SSSR count). The lowest BCUT2D eigenvalue weighted by Crippen LogP contribution is -2.31. The van der Waals surface area contributed by atoms with Crippen LogP contribution in [0.3, 0.4) is 0 Å². The zero-order valence-electron chi connectivity index (χ0n) is 12.7. The molecule has 4 nitrogen and oxygen atoms in total. The lowest BCUT2D eigenvalue weighted by molar-refractivity contribution is 0.0517. The molecule has 0 fully saturated rings. The topological polar surface area (TPSA) is 66.6 Å². The molecule has 4 heteroatoms. The fraction of sp³-hybridized carbons (Fsp3) is 0.562. The van der Waals surface area contributed by atoms with Crippen molar-refractivity contribution in [2.24, 2.45) is 0 Å². The lowest BCUT2D eigenvalue weighted by Gasteiger charge is -2.22. The monoisotopic (exact) mass is 276 g/mol. The summed E-state index contributed by atoms with van der Waals surface area (Å²) >= 11 is 0. The number of fused-ring (bicyclic) bond motifs is 1. The van der Waals surface area contributed by atoms with Gasteiger partial charge in [-0.3, -0.25) is 4.79 Å². The first-order valence-electron chi connectivity index (χ1n) is 7.13. The molecule has 0 radical (unpaired) electrons. The van der Waals surface area contributed by atoms with E-state index in [0.29, 0.717) is 25.4 Å². The van der Waals surface area contributed by atoms with Gasteiger partial charge in [0.1, 0.15) is 0 Å². The molecule has 110 valence electrons. The third kappa shape index (κ3) is 2.96. The van der Waals surface area contributed by atoms with Gasteiger partial charge >= 0.3 is 0 Å². The van der Waals surface area contributed by atoms with Crippen molar-refractivity contribution in [2.75, 3.05) is 12.3 Å². The number of benzene rings is 1. The summed E-state index contributed by atoms with van der Waals surface area (Å²) in [5.74, 6) is 0.352. The Bertz CT molecular complexity index is 530. The number of nitrogen functional groups attached to an aromatic ring is 1. The molecule has 0 saturated carbocycles. The lowest BCUT2D eigenvalue weighted by atomic mass is 9.96. The van der Waals surface area contributed by atoms with Gasteiger partial charge in [-0.25, -0.2) is 0 Å². The van der Waals surface area contributed by atoms with E-state index >= 15 is 0 Å². The molecule has 1 aliphatic rings. The van der Waals surface area contributed by atoms with E-state index in [0.717, 1.165) is 22.4 Å². The number of nitrogens with two attached hydrogens (primary N) is 1. The number of hydrogen-bond donors (Lipinski definition) is 2. The third-order valence-electron chi connectivity index (χ3n) is 3.80. The molecule has 0 saturated heterocycles. The number of carbonyl (C=O) groups excluding carboxylic acids is 1. The van der Waals surface area contributed by atoms with Crippen molar-refractivity contribution in [1.82, 2.24) is 4.90 Å². The summed E-state index contributed by atoms with van der Waals surface area (Å²) in [5, 5.41) is 9.78. The summed E-state index contributed by atoms with van der Waals surface area (Å²) in [4.78, 5) is 14.2. The van der Waals surface area contributed by atoms with Gasteiger partial charge < -0.3 is 15.7 Å². The second kappa shape index (κ2) is 5.09. The number of rotatable bonds is 4. The molecule has 0 bridgehead atoms. The van der Waals surface area contributed by atoms with Crippen molar-refractivity contribution in [2.45, 2.75) is 52.2 Å². The van der Waals surface area contributed by atoms with Crippen molar-refractivity contribution in [3.8, 4) is 0 Å². The fourth-order valence-electron chi connectivity index (χ4n) is 2.55. The summed E-state index contributed by atoms with van der Waals surface area (Å²) in [7, 11) is 0. The van der Waals surface area contributed by atoms with Gasteiger partial charge in [-0.05, 0) is 49.4 Å². The van der Waals surface area contributed by atoms with Crippen molar-refractivity contribution >= 4 is 11.6 Å². The van der Waals surface area contributed by atoms with Crippen LogP contribution in [-0.4, -0.2) is 28.1 Å². The van der Waals surface area contributed by atoms with Gasteiger partial charge in [0.15, 0.2) is 0 Å². The quantitative estimate of drug-likeness (QED) is 0.830. The van der Waals surface area contributed by atoms with E-state index in [1.807, 2.05) is 12.1 Å². The van der Waals surface area contributed by atoms with Crippen LogP contribution < -0.4 is 5.73 Å². The normalized spacial score (nSPS) is 15.1.